The third kappa shape index (κ3) is 2.61. The molecule has 104 valence electrons. The Morgan fingerprint density at radius 1 is 1.32 bits per heavy atom. The molecular weight excluding hydrogens is 258 g/mol. The number of ether oxygens (including phenoxy) is 1. The minimum atomic E-state index is 0.582. The summed E-state index contributed by atoms with van der Waals surface area (Å²) in [6, 6.07) is 2.92. The van der Waals surface area contributed by atoms with Crippen LogP contribution in [-0.4, -0.2) is 19.7 Å². The minimum Gasteiger partial charge on any atom is -0.495 e. The fourth-order valence-corrected chi connectivity index (χ4v) is 3.88. The van der Waals surface area contributed by atoms with E-state index >= 15 is 0 Å². The molecule has 3 heteroatoms. The maximum atomic E-state index is 6.53. The van der Waals surface area contributed by atoms with E-state index in [1.165, 1.54) is 48.8 Å². The summed E-state index contributed by atoms with van der Waals surface area (Å²) in [7, 11) is 1.74. The Morgan fingerprint density at radius 2 is 2.21 bits per heavy atom. The zero-order chi connectivity index (χ0) is 13.2. The highest BCUT2D eigenvalue weighted by Crippen LogP contribution is 2.39. The summed E-state index contributed by atoms with van der Waals surface area (Å²) in [6.07, 6.45) is 8.44. The lowest BCUT2D eigenvalue weighted by atomic mass is 9.95. The monoisotopic (exact) mass is 279 g/mol. The third-order valence-corrected chi connectivity index (χ3v) is 4.85. The summed E-state index contributed by atoms with van der Waals surface area (Å²) in [6.45, 7) is 1.14. The number of piperidine rings is 1. The summed E-state index contributed by atoms with van der Waals surface area (Å²) in [5.74, 6) is 0.912. The molecule has 1 aromatic carbocycles. The van der Waals surface area contributed by atoms with E-state index in [9.17, 15) is 0 Å². The molecule has 1 aliphatic heterocycles. The van der Waals surface area contributed by atoms with Crippen molar-refractivity contribution >= 4 is 11.6 Å². The van der Waals surface area contributed by atoms with E-state index in [-0.39, 0.29) is 0 Å². The van der Waals surface area contributed by atoms with Crippen LogP contribution in [0.2, 0.25) is 5.02 Å². The van der Waals surface area contributed by atoms with Crippen LogP contribution in [0, 0.1) is 0 Å². The Hall–Kier alpha value is -0.730. The first-order valence-corrected chi connectivity index (χ1v) is 7.78. The Kier molecular flexibility index (Phi) is 3.99. The molecule has 1 fully saturated rings. The van der Waals surface area contributed by atoms with Crippen molar-refractivity contribution in [2.24, 2.45) is 0 Å². The first-order valence-electron chi connectivity index (χ1n) is 7.40. The Labute approximate surface area is 120 Å². The van der Waals surface area contributed by atoms with Gasteiger partial charge in [-0.25, -0.2) is 0 Å². The number of benzene rings is 1. The number of nitrogens with one attached hydrogen (secondary N) is 1. The smallest absolute Gasteiger partial charge is 0.140 e. The van der Waals surface area contributed by atoms with Crippen LogP contribution in [0.15, 0.2) is 6.07 Å². The summed E-state index contributed by atoms with van der Waals surface area (Å²) >= 11 is 6.53. The Balaban J connectivity index is 1.89. The SMILES string of the molecule is COc1c(CC2CCCCN2)cc2c(c1Cl)CCC2. The van der Waals surface area contributed by atoms with Gasteiger partial charge >= 0.3 is 0 Å². The van der Waals surface area contributed by atoms with Crippen LogP contribution in [0.25, 0.3) is 0 Å². The van der Waals surface area contributed by atoms with Gasteiger partial charge in [0.15, 0.2) is 0 Å². The molecule has 0 aromatic heterocycles. The molecule has 1 atom stereocenters. The van der Waals surface area contributed by atoms with Crippen molar-refractivity contribution in [3.05, 3.63) is 27.8 Å². The van der Waals surface area contributed by atoms with E-state index < -0.39 is 0 Å². The van der Waals surface area contributed by atoms with Gasteiger partial charge < -0.3 is 10.1 Å². The predicted molar refractivity (Wildman–Crippen MR) is 79.4 cm³/mol. The van der Waals surface area contributed by atoms with Crippen LogP contribution in [0.5, 0.6) is 5.75 Å². The molecule has 1 aliphatic carbocycles. The van der Waals surface area contributed by atoms with Gasteiger partial charge in [-0.3, -0.25) is 0 Å². The molecule has 0 amide bonds. The van der Waals surface area contributed by atoms with Gasteiger partial charge in [-0.05, 0) is 61.8 Å². The van der Waals surface area contributed by atoms with Crippen molar-refractivity contribution in [2.75, 3.05) is 13.7 Å². The quantitative estimate of drug-likeness (QED) is 0.914. The van der Waals surface area contributed by atoms with Crippen LogP contribution in [0.3, 0.4) is 0 Å². The van der Waals surface area contributed by atoms with Crippen molar-refractivity contribution in [2.45, 2.75) is 51.0 Å². The van der Waals surface area contributed by atoms with Gasteiger partial charge in [0.05, 0.1) is 12.1 Å². The zero-order valence-electron chi connectivity index (χ0n) is 11.6. The van der Waals surface area contributed by atoms with E-state index in [1.54, 1.807) is 7.11 Å². The van der Waals surface area contributed by atoms with Crippen molar-refractivity contribution in [1.82, 2.24) is 5.32 Å². The maximum Gasteiger partial charge on any atom is 0.140 e. The summed E-state index contributed by atoms with van der Waals surface area (Å²) < 4.78 is 5.58. The molecule has 0 spiro atoms. The highest BCUT2D eigenvalue weighted by atomic mass is 35.5. The van der Waals surface area contributed by atoms with E-state index in [0.717, 1.165) is 30.2 Å². The van der Waals surface area contributed by atoms with Crippen LogP contribution < -0.4 is 10.1 Å². The number of rotatable bonds is 3. The first-order chi connectivity index (χ1) is 9.29. The molecule has 1 N–H and O–H groups in total. The molecule has 2 nitrogen and oxygen atoms in total. The molecule has 1 unspecified atom stereocenters. The van der Waals surface area contributed by atoms with Crippen LogP contribution in [0.4, 0.5) is 0 Å². The van der Waals surface area contributed by atoms with Gasteiger partial charge in [-0.15, -0.1) is 0 Å². The highest BCUT2D eigenvalue weighted by Gasteiger charge is 2.23. The largest absolute Gasteiger partial charge is 0.495 e. The minimum absolute atomic E-state index is 0.582. The van der Waals surface area contributed by atoms with Crippen LogP contribution in [0.1, 0.15) is 42.4 Å². The summed E-state index contributed by atoms with van der Waals surface area (Å²) in [4.78, 5) is 0. The number of hydrogen-bond acceptors (Lipinski definition) is 2. The molecule has 0 bridgehead atoms. The van der Waals surface area contributed by atoms with Crippen molar-refractivity contribution < 1.29 is 4.74 Å². The van der Waals surface area contributed by atoms with Gasteiger partial charge in [-0.2, -0.15) is 0 Å². The maximum absolute atomic E-state index is 6.53. The lowest BCUT2D eigenvalue weighted by molar-refractivity contribution is 0.381. The number of hydrogen-bond donors (Lipinski definition) is 1. The van der Waals surface area contributed by atoms with Crippen molar-refractivity contribution in [3.8, 4) is 5.75 Å². The summed E-state index contributed by atoms with van der Waals surface area (Å²) in [5, 5.41) is 4.47. The van der Waals surface area contributed by atoms with Gasteiger partial charge in [0, 0.05) is 6.04 Å². The molecular formula is C16H22ClNO. The van der Waals surface area contributed by atoms with E-state index in [2.05, 4.69) is 11.4 Å². The highest BCUT2D eigenvalue weighted by molar-refractivity contribution is 6.33. The summed E-state index contributed by atoms with van der Waals surface area (Å²) in [5.41, 5.74) is 4.04. The fourth-order valence-electron chi connectivity index (χ4n) is 3.47. The van der Waals surface area contributed by atoms with E-state index in [4.69, 9.17) is 16.3 Å². The van der Waals surface area contributed by atoms with E-state index in [1.807, 2.05) is 0 Å². The average Bonchev–Trinajstić information content (AvgIpc) is 2.89. The normalized spacial score (nSPS) is 22.3. The van der Waals surface area contributed by atoms with Gasteiger partial charge in [0.25, 0.3) is 0 Å². The molecule has 0 saturated carbocycles. The standard InChI is InChI=1S/C16H22ClNO/c1-19-16-12(10-13-6-2-3-8-18-13)9-11-5-4-7-14(11)15(16)17/h9,13,18H,2-8,10H2,1H3. The number of methoxy groups -OCH3 is 1. The predicted octanol–water partition coefficient (Wildman–Crippen LogP) is 3.52. The van der Waals surface area contributed by atoms with Crippen molar-refractivity contribution in [3.63, 3.8) is 0 Å². The molecule has 1 aromatic rings. The first kappa shape index (κ1) is 13.3. The molecule has 0 radical (unpaired) electrons. The molecule has 1 heterocycles. The van der Waals surface area contributed by atoms with Gasteiger partial charge in [-0.1, -0.05) is 24.1 Å². The fraction of sp³-hybridized carbons (Fsp3) is 0.625. The topological polar surface area (TPSA) is 21.3 Å². The van der Waals surface area contributed by atoms with Gasteiger partial charge in [0.2, 0.25) is 0 Å². The van der Waals surface area contributed by atoms with Crippen LogP contribution in [-0.2, 0) is 19.3 Å². The lowest BCUT2D eigenvalue weighted by Crippen LogP contribution is -2.35. The molecule has 2 aliphatic rings. The second kappa shape index (κ2) is 5.72. The second-order valence-electron chi connectivity index (χ2n) is 5.73. The third-order valence-electron chi connectivity index (χ3n) is 4.45. The Bertz CT molecular complexity index is 466. The zero-order valence-corrected chi connectivity index (χ0v) is 12.4. The number of fused-ring (bicyclic) bond motifs is 1. The van der Waals surface area contributed by atoms with Gasteiger partial charge in [0.1, 0.15) is 5.75 Å². The van der Waals surface area contributed by atoms with Crippen molar-refractivity contribution in [1.29, 1.82) is 0 Å². The van der Waals surface area contributed by atoms with Crippen LogP contribution >= 0.6 is 11.6 Å². The van der Waals surface area contributed by atoms with E-state index in [0.29, 0.717) is 6.04 Å². The second-order valence-corrected chi connectivity index (χ2v) is 6.10. The lowest BCUT2D eigenvalue weighted by Gasteiger charge is -2.25. The Morgan fingerprint density at radius 3 is 2.95 bits per heavy atom. The molecule has 1 saturated heterocycles. The molecule has 19 heavy (non-hydrogen) atoms. The molecule has 3 rings (SSSR count). The number of halogens is 1. The number of aryl methyl sites for hydroxylation is 1. The average molecular weight is 280 g/mol.